The predicted octanol–water partition coefficient (Wildman–Crippen LogP) is 1.94. The molecule has 24 heavy (non-hydrogen) atoms. The molecule has 3 heterocycles. The van der Waals surface area contributed by atoms with Crippen LogP contribution in [0.5, 0.6) is 0 Å². The van der Waals surface area contributed by atoms with E-state index >= 15 is 0 Å². The molecule has 0 aliphatic carbocycles. The number of carbonyl (C=O) groups is 2. The van der Waals surface area contributed by atoms with Crippen LogP contribution in [0.25, 0.3) is 10.8 Å². The molecule has 128 valence electrons. The molecule has 0 atom stereocenters. The van der Waals surface area contributed by atoms with Crippen molar-refractivity contribution in [2.75, 3.05) is 19.8 Å². The highest BCUT2D eigenvalue weighted by Crippen LogP contribution is 2.30. The minimum absolute atomic E-state index is 0.0566. The Morgan fingerprint density at radius 2 is 2.17 bits per heavy atom. The lowest BCUT2D eigenvalue weighted by atomic mass is 9.80. The van der Waals surface area contributed by atoms with Crippen molar-refractivity contribution in [1.82, 2.24) is 10.3 Å². The first-order valence-electron chi connectivity index (χ1n) is 7.65. The Balaban J connectivity index is 1.56. The summed E-state index contributed by atoms with van der Waals surface area (Å²) in [7, 11) is 0. The van der Waals surface area contributed by atoms with E-state index < -0.39 is 11.4 Å². The van der Waals surface area contributed by atoms with Crippen LogP contribution >= 0.6 is 11.3 Å². The van der Waals surface area contributed by atoms with Crippen LogP contribution in [0.1, 0.15) is 18.5 Å². The molecular formula is C16H18N2O5S. The van der Waals surface area contributed by atoms with Gasteiger partial charge in [0.15, 0.2) is 0 Å². The third-order valence-electron chi connectivity index (χ3n) is 4.15. The van der Waals surface area contributed by atoms with Gasteiger partial charge in [-0.3, -0.25) is 9.59 Å². The molecule has 0 aromatic carbocycles. The standard InChI is InChI=1S/C16H18N2O5S/c19-13(17-10-16(15(20)21)3-5-22-6-4-16)8-11-9-23-14(18-11)12-2-1-7-24-12/h1-2,7,9H,3-6,8,10H2,(H,17,19)(H,20,21). The lowest BCUT2D eigenvalue weighted by molar-refractivity contribution is -0.154. The Kier molecular flexibility index (Phi) is 4.96. The number of nitrogens with zero attached hydrogens (tertiary/aromatic N) is 1. The molecule has 0 radical (unpaired) electrons. The molecule has 2 N–H and O–H groups in total. The molecule has 8 heteroatoms. The number of amides is 1. The number of oxazole rings is 1. The zero-order chi connectivity index (χ0) is 17.0. The second-order valence-electron chi connectivity index (χ2n) is 5.77. The predicted molar refractivity (Wildman–Crippen MR) is 86.7 cm³/mol. The third-order valence-corrected chi connectivity index (χ3v) is 5.01. The molecule has 3 rings (SSSR count). The highest BCUT2D eigenvalue weighted by molar-refractivity contribution is 7.13. The number of carbonyl (C=O) groups excluding carboxylic acids is 1. The average Bonchev–Trinajstić information content (AvgIpc) is 3.25. The van der Waals surface area contributed by atoms with Gasteiger partial charge in [-0.05, 0) is 24.3 Å². The van der Waals surface area contributed by atoms with E-state index in [0.29, 0.717) is 37.6 Å². The Hall–Kier alpha value is -2.19. The number of nitrogens with one attached hydrogen (secondary N) is 1. The Morgan fingerprint density at radius 3 is 2.83 bits per heavy atom. The number of rotatable bonds is 6. The van der Waals surface area contributed by atoms with E-state index in [1.54, 1.807) is 0 Å². The van der Waals surface area contributed by atoms with E-state index in [0.717, 1.165) is 4.88 Å². The quantitative estimate of drug-likeness (QED) is 0.825. The summed E-state index contributed by atoms with van der Waals surface area (Å²) in [4.78, 5) is 28.8. The van der Waals surface area contributed by atoms with Crippen LogP contribution < -0.4 is 5.32 Å². The Morgan fingerprint density at radius 1 is 1.38 bits per heavy atom. The van der Waals surface area contributed by atoms with Gasteiger partial charge in [0.2, 0.25) is 11.8 Å². The maximum Gasteiger partial charge on any atom is 0.311 e. The van der Waals surface area contributed by atoms with Gasteiger partial charge in [-0.15, -0.1) is 11.3 Å². The van der Waals surface area contributed by atoms with Crippen LogP contribution in [0.4, 0.5) is 0 Å². The zero-order valence-corrected chi connectivity index (χ0v) is 13.8. The van der Waals surface area contributed by atoms with Crippen molar-refractivity contribution in [2.45, 2.75) is 19.3 Å². The van der Waals surface area contributed by atoms with E-state index in [1.807, 2.05) is 17.5 Å². The van der Waals surface area contributed by atoms with Crippen molar-refractivity contribution in [3.8, 4) is 10.8 Å². The summed E-state index contributed by atoms with van der Waals surface area (Å²) < 4.78 is 10.6. The van der Waals surface area contributed by atoms with Crippen LogP contribution in [0.15, 0.2) is 28.2 Å². The molecule has 1 amide bonds. The van der Waals surface area contributed by atoms with Gasteiger partial charge in [0.05, 0.1) is 22.4 Å². The summed E-state index contributed by atoms with van der Waals surface area (Å²) in [5.74, 6) is -0.681. The van der Waals surface area contributed by atoms with Gasteiger partial charge in [-0.2, -0.15) is 0 Å². The van der Waals surface area contributed by atoms with Crippen LogP contribution in [0.2, 0.25) is 0 Å². The number of ether oxygens (including phenoxy) is 1. The van der Waals surface area contributed by atoms with Gasteiger partial charge < -0.3 is 19.6 Å². The van der Waals surface area contributed by atoms with Crippen molar-refractivity contribution in [3.63, 3.8) is 0 Å². The van der Waals surface area contributed by atoms with E-state index in [2.05, 4.69) is 10.3 Å². The SMILES string of the molecule is O=C(Cc1coc(-c2cccs2)n1)NCC1(C(=O)O)CCOCC1. The summed E-state index contributed by atoms with van der Waals surface area (Å²) in [6.45, 7) is 0.894. The molecule has 1 saturated heterocycles. The number of carboxylic acids is 1. The fourth-order valence-electron chi connectivity index (χ4n) is 2.62. The van der Waals surface area contributed by atoms with Gasteiger partial charge in [-0.25, -0.2) is 4.98 Å². The molecule has 1 aliphatic rings. The topological polar surface area (TPSA) is 102 Å². The summed E-state index contributed by atoms with van der Waals surface area (Å²) in [6, 6.07) is 3.79. The normalized spacial score (nSPS) is 16.7. The third kappa shape index (κ3) is 3.65. The molecule has 0 bridgehead atoms. The van der Waals surface area contributed by atoms with Crippen LogP contribution in [0.3, 0.4) is 0 Å². The van der Waals surface area contributed by atoms with Crippen LogP contribution in [0, 0.1) is 5.41 Å². The van der Waals surface area contributed by atoms with E-state index in [4.69, 9.17) is 9.15 Å². The number of thiophene rings is 1. The maximum atomic E-state index is 12.1. The van der Waals surface area contributed by atoms with E-state index in [-0.39, 0.29) is 18.9 Å². The summed E-state index contributed by atoms with van der Waals surface area (Å²) in [5, 5.41) is 14.1. The average molecular weight is 350 g/mol. The lowest BCUT2D eigenvalue weighted by Crippen LogP contribution is -2.46. The van der Waals surface area contributed by atoms with Crippen molar-refractivity contribution in [2.24, 2.45) is 5.41 Å². The van der Waals surface area contributed by atoms with Crippen molar-refractivity contribution >= 4 is 23.2 Å². The number of aromatic nitrogens is 1. The highest BCUT2D eigenvalue weighted by atomic mass is 32.1. The molecule has 1 aliphatic heterocycles. The molecule has 2 aromatic heterocycles. The summed E-state index contributed by atoms with van der Waals surface area (Å²) in [6.07, 6.45) is 2.31. The largest absolute Gasteiger partial charge is 0.481 e. The fraction of sp³-hybridized carbons (Fsp3) is 0.438. The summed E-state index contributed by atoms with van der Waals surface area (Å²) >= 11 is 1.51. The van der Waals surface area contributed by atoms with Gasteiger partial charge in [0.1, 0.15) is 6.26 Å². The van der Waals surface area contributed by atoms with Gasteiger partial charge in [0.25, 0.3) is 0 Å². The van der Waals surface area contributed by atoms with Crippen LogP contribution in [-0.2, 0) is 20.7 Å². The number of hydrogen-bond acceptors (Lipinski definition) is 6. The van der Waals surface area contributed by atoms with Crippen LogP contribution in [-0.4, -0.2) is 41.7 Å². The summed E-state index contributed by atoms with van der Waals surface area (Å²) in [5.41, 5.74) is -0.424. The van der Waals surface area contributed by atoms with Crippen molar-refractivity contribution in [1.29, 1.82) is 0 Å². The van der Waals surface area contributed by atoms with Crippen molar-refractivity contribution in [3.05, 3.63) is 29.5 Å². The molecule has 7 nitrogen and oxygen atoms in total. The molecular weight excluding hydrogens is 332 g/mol. The number of carboxylic acid groups (broad SMARTS) is 1. The Labute approximate surface area is 142 Å². The Bertz CT molecular complexity index is 704. The van der Waals surface area contributed by atoms with Crippen molar-refractivity contribution < 1.29 is 23.8 Å². The van der Waals surface area contributed by atoms with Gasteiger partial charge in [0, 0.05) is 19.8 Å². The molecule has 0 unspecified atom stereocenters. The van der Waals surface area contributed by atoms with Gasteiger partial charge in [-0.1, -0.05) is 6.07 Å². The smallest absolute Gasteiger partial charge is 0.311 e. The molecule has 0 spiro atoms. The minimum atomic E-state index is -0.945. The highest BCUT2D eigenvalue weighted by Gasteiger charge is 2.40. The lowest BCUT2D eigenvalue weighted by Gasteiger charge is -2.33. The molecule has 2 aromatic rings. The van der Waals surface area contributed by atoms with E-state index in [1.165, 1.54) is 17.6 Å². The zero-order valence-electron chi connectivity index (χ0n) is 13.0. The number of hydrogen-bond donors (Lipinski definition) is 2. The number of aliphatic carboxylic acids is 1. The maximum absolute atomic E-state index is 12.1. The first kappa shape index (κ1) is 16.7. The second-order valence-corrected chi connectivity index (χ2v) is 6.72. The first-order chi connectivity index (χ1) is 11.6. The molecule has 1 fully saturated rings. The second kappa shape index (κ2) is 7.14. The minimum Gasteiger partial charge on any atom is -0.481 e. The first-order valence-corrected chi connectivity index (χ1v) is 8.53. The fourth-order valence-corrected chi connectivity index (χ4v) is 3.28. The molecule has 0 saturated carbocycles. The van der Waals surface area contributed by atoms with Gasteiger partial charge >= 0.3 is 5.97 Å². The van der Waals surface area contributed by atoms with E-state index in [9.17, 15) is 14.7 Å². The monoisotopic (exact) mass is 350 g/mol.